The molecule has 0 unspecified atom stereocenters. The van der Waals surface area contributed by atoms with Crippen molar-refractivity contribution in [2.24, 2.45) is 0 Å². The van der Waals surface area contributed by atoms with Crippen LogP contribution in [0.2, 0.25) is 0 Å². The van der Waals surface area contributed by atoms with E-state index in [0.29, 0.717) is 32.5 Å². The first-order valence-corrected chi connectivity index (χ1v) is 11.9. The molecule has 1 fully saturated rings. The molecule has 3 heterocycles. The van der Waals surface area contributed by atoms with Crippen LogP contribution in [0.3, 0.4) is 0 Å². The van der Waals surface area contributed by atoms with Gasteiger partial charge in [-0.2, -0.15) is 5.10 Å². The first-order chi connectivity index (χ1) is 13.4. The van der Waals surface area contributed by atoms with E-state index in [0.717, 1.165) is 16.4 Å². The number of sulfonamides is 1. The zero-order valence-corrected chi connectivity index (χ0v) is 17.2. The Morgan fingerprint density at radius 1 is 1.11 bits per heavy atom. The number of thiophene rings is 1. The van der Waals surface area contributed by atoms with Crippen molar-refractivity contribution in [3.8, 4) is 5.00 Å². The molecule has 0 N–H and O–H groups in total. The van der Waals surface area contributed by atoms with Gasteiger partial charge in [0.2, 0.25) is 10.0 Å². The van der Waals surface area contributed by atoms with Gasteiger partial charge in [-0.1, -0.05) is 30.3 Å². The van der Waals surface area contributed by atoms with E-state index < -0.39 is 10.0 Å². The molecular weight excluding hydrogens is 396 g/mol. The molecule has 9 heteroatoms. The Morgan fingerprint density at radius 2 is 1.82 bits per heavy atom. The molecule has 1 aliphatic heterocycles. The summed E-state index contributed by atoms with van der Waals surface area (Å²) in [6.45, 7) is 1.31. The molecule has 0 atom stereocenters. The first kappa shape index (κ1) is 19.1. The van der Waals surface area contributed by atoms with E-state index in [2.05, 4.69) is 5.10 Å². The third-order valence-electron chi connectivity index (χ3n) is 5.05. The fourth-order valence-electron chi connectivity index (χ4n) is 3.60. The second-order valence-electron chi connectivity index (χ2n) is 7.01. The third kappa shape index (κ3) is 3.82. The Balaban J connectivity index is 1.68. The molecule has 0 aliphatic carbocycles. The summed E-state index contributed by atoms with van der Waals surface area (Å²) in [6.07, 6.45) is 2.55. The highest BCUT2D eigenvalue weighted by Crippen LogP contribution is 2.29. The second-order valence-corrected chi connectivity index (χ2v) is 9.92. The Morgan fingerprint density at radius 3 is 2.43 bits per heavy atom. The van der Waals surface area contributed by atoms with E-state index in [1.807, 2.05) is 47.8 Å². The number of nitrogens with zero attached hydrogens (tertiary/aromatic N) is 4. The molecule has 148 valence electrons. The highest BCUT2D eigenvalue weighted by atomic mass is 32.2. The van der Waals surface area contributed by atoms with Crippen molar-refractivity contribution in [3.05, 3.63) is 69.7 Å². The Bertz CT molecular complexity index is 1090. The molecule has 0 radical (unpaired) electrons. The molecule has 2 aromatic heterocycles. The predicted octanol–water partition coefficient (Wildman–Crippen LogP) is 2.28. The summed E-state index contributed by atoms with van der Waals surface area (Å²) < 4.78 is 28.3. The maximum atomic E-state index is 13.1. The zero-order chi connectivity index (χ0) is 19.7. The van der Waals surface area contributed by atoms with Gasteiger partial charge in [0.05, 0.1) is 12.8 Å². The largest absolute Gasteiger partial charge is 0.351 e. The van der Waals surface area contributed by atoms with Crippen LogP contribution in [0.5, 0.6) is 0 Å². The molecule has 0 saturated carbocycles. The summed E-state index contributed by atoms with van der Waals surface area (Å²) in [4.78, 5) is 13.1. The van der Waals surface area contributed by atoms with E-state index in [4.69, 9.17) is 0 Å². The molecule has 1 aliphatic rings. The molecular formula is C19H22N4O3S2. The molecule has 0 amide bonds. The molecule has 28 heavy (non-hydrogen) atoms. The predicted molar refractivity (Wildman–Crippen MR) is 110 cm³/mol. The van der Waals surface area contributed by atoms with Crippen molar-refractivity contribution in [2.45, 2.75) is 25.3 Å². The summed E-state index contributed by atoms with van der Waals surface area (Å²) in [5.41, 5.74) is 0.853. The Kier molecular flexibility index (Phi) is 5.22. The highest BCUT2D eigenvalue weighted by molar-refractivity contribution is 7.88. The smallest absolute Gasteiger partial charge is 0.246 e. The Hall–Kier alpha value is -2.23. The lowest BCUT2D eigenvalue weighted by Gasteiger charge is -2.29. The summed E-state index contributed by atoms with van der Waals surface area (Å²) >= 11 is 1.50. The zero-order valence-electron chi connectivity index (χ0n) is 15.6. The van der Waals surface area contributed by atoms with Crippen molar-refractivity contribution in [1.82, 2.24) is 18.7 Å². The van der Waals surface area contributed by atoms with Crippen LogP contribution in [0.15, 0.2) is 52.6 Å². The quantitative estimate of drug-likeness (QED) is 0.637. The van der Waals surface area contributed by atoms with Crippen LogP contribution in [-0.2, 0) is 16.6 Å². The minimum absolute atomic E-state index is 0.0461. The maximum Gasteiger partial charge on any atom is 0.351 e. The van der Waals surface area contributed by atoms with Crippen LogP contribution in [-0.4, -0.2) is 46.4 Å². The van der Waals surface area contributed by atoms with E-state index in [1.165, 1.54) is 26.6 Å². The lowest BCUT2D eigenvalue weighted by molar-refractivity contribution is 0.313. The van der Waals surface area contributed by atoms with Gasteiger partial charge >= 0.3 is 5.69 Å². The summed E-state index contributed by atoms with van der Waals surface area (Å²) in [7, 11) is -3.19. The van der Waals surface area contributed by atoms with E-state index in [9.17, 15) is 13.2 Å². The SMILES string of the molecule is CS(=O)(=O)N1CCC(c2nn(Cc3ccccc3)c(=O)n2-c2cccs2)CC1. The molecule has 0 spiro atoms. The van der Waals surface area contributed by atoms with Gasteiger partial charge < -0.3 is 0 Å². The van der Waals surface area contributed by atoms with Crippen LogP contribution < -0.4 is 5.69 Å². The average Bonchev–Trinajstić information content (AvgIpc) is 3.31. The molecule has 7 nitrogen and oxygen atoms in total. The summed E-state index contributed by atoms with van der Waals surface area (Å²) in [6, 6.07) is 13.6. The minimum Gasteiger partial charge on any atom is -0.246 e. The van der Waals surface area contributed by atoms with Crippen molar-refractivity contribution in [2.75, 3.05) is 19.3 Å². The highest BCUT2D eigenvalue weighted by Gasteiger charge is 2.30. The van der Waals surface area contributed by atoms with Crippen molar-refractivity contribution >= 4 is 21.4 Å². The Labute approximate surface area is 167 Å². The number of piperidine rings is 1. The number of benzene rings is 1. The fraction of sp³-hybridized carbons (Fsp3) is 0.368. The maximum absolute atomic E-state index is 13.1. The van der Waals surface area contributed by atoms with Gasteiger partial charge in [0, 0.05) is 19.0 Å². The lowest BCUT2D eigenvalue weighted by Crippen LogP contribution is -2.37. The van der Waals surface area contributed by atoms with Crippen molar-refractivity contribution in [1.29, 1.82) is 0 Å². The van der Waals surface area contributed by atoms with Crippen LogP contribution >= 0.6 is 11.3 Å². The van der Waals surface area contributed by atoms with Gasteiger partial charge in [0.15, 0.2) is 0 Å². The van der Waals surface area contributed by atoms with E-state index in [-0.39, 0.29) is 11.6 Å². The second kappa shape index (κ2) is 7.65. The van der Waals surface area contributed by atoms with E-state index >= 15 is 0 Å². The molecule has 1 saturated heterocycles. The molecule has 4 rings (SSSR count). The van der Waals surface area contributed by atoms with E-state index in [1.54, 1.807) is 4.57 Å². The van der Waals surface area contributed by atoms with Gasteiger partial charge in [0.25, 0.3) is 0 Å². The first-order valence-electron chi connectivity index (χ1n) is 9.16. The number of rotatable bonds is 5. The van der Waals surface area contributed by atoms with Crippen LogP contribution in [0, 0.1) is 0 Å². The standard InChI is InChI=1S/C19H22N4O3S2/c1-28(25,26)21-11-9-16(10-12-21)18-20-22(14-15-6-3-2-4-7-15)19(24)23(18)17-8-5-13-27-17/h2-8,13,16H,9-12,14H2,1H3. The van der Waals surface area contributed by atoms with Crippen molar-refractivity contribution in [3.63, 3.8) is 0 Å². The van der Waals surface area contributed by atoms with Crippen LogP contribution in [0.1, 0.15) is 30.1 Å². The third-order valence-corrected chi connectivity index (χ3v) is 7.21. The minimum atomic E-state index is -3.19. The van der Waals surface area contributed by atoms with Gasteiger partial charge in [-0.25, -0.2) is 26.8 Å². The summed E-state index contributed by atoms with van der Waals surface area (Å²) in [5.74, 6) is 0.765. The monoisotopic (exact) mass is 418 g/mol. The molecule has 3 aromatic rings. The molecule has 0 bridgehead atoms. The van der Waals surface area contributed by atoms with Gasteiger partial charge in [0.1, 0.15) is 10.8 Å². The van der Waals surface area contributed by atoms with Crippen molar-refractivity contribution < 1.29 is 8.42 Å². The van der Waals surface area contributed by atoms with Crippen LogP contribution in [0.25, 0.3) is 5.00 Å². The molecule has 1 aromatic carbocycles. The van der Waals surface area contributed by atoms with Gasteiger partial charge in [-0.3, -0.25) is 0 Å². The average molecular weight is 419 g/mol. The van der Waals surface area contributed by atoms with Gasteiger partial charge in [-0.15, -0.1) is 11.3 Å². The fourth-order valence-corrected chi connectivity index (χ4v) is 5.20. The number of hydrogen-bond donors (Lipinski definition) is 0. The number of hydrogen-bond acceptors (Lipinski definition) is 5. The lowest BCUT2D eigenvalue weighted by atomic mass is 9.97. The summed E-state index contributed by atoms with van der Waals surface area (Å²) in [5, 5.41) is 7.45. The topological polar surface area (TPSA) is 77.2 Å². The normalized spacial score (nSPS) is 16.5. The number of aromatic nitrogens is 3. The van der Waals surface area contributed by atoms with Gasteiger partial charge in [-0.05, 0) is 35.9 Å². The van der Waals surface area contributed by atoms with Crippen LogP contribution in [0.4, 0.5) is 0 Å².